The third kappa shape index (κ3) is 14.1. The number of likely N-dealkylation sites (tertiary alicyclic amines) is 2. The number of aryl methyl sites for hydroxylation is 4. The van der Waals surface area contributed by atoms with Crippen LogP contribution in [-0.2, 0) is 21.8 Å². The maximum absolute atomic E-state index is 13.7. The lowest BCUT2D eigenvalue weighted by Crippen LogP contribution is -2.62. The number of piperidine rings is 2. The van der Waals surface area contributed by atoms with Crippen LogP contribution in [0.2, 0.25) is 0 Å². The molecule has 0 saturated carbocycles. The summed E-state index contributed by atoms with van der Waals surface area (Å²) in [4.78, 5) is 46.2. The molecular formula is C59H82F6N8O4. The molecule has 0 N–H and O–H groups in total. The number of alkyl halides is 6. The molecule has 0 aliphatic carbocycles. The molecule has 4 aromatic rings. The van der Waals surface area contributed by atoms with Gasteiger partial charge in [-0.25, -0.2) is 0 Å². The van der Waals surface area contributed by atoms with Crippen LogP contribution in [0.5, 0.6) is 0 Å². The first kappa shape index (κ1) is 38.6. The Hall–Kier alpha value is -4.98. The van der Waals surface area contributed by atoms with E-state index in [2.05, 4.69) is 26.7 Å². The number of benzene rings is 2. The second-order valence-electron chi connectivity index (χ2n) is 20.5. The Balaban J connectivity index is 0.000000304. The molecule has 4 aliphatic rings. The van der Waals surface area contributed by atoms with Gasteiger partial charge in [0.05, 0.1) is 69.9 Å². The molecule has 0 spiro atoms. The number of halogens is 6. The van der Waals surface area contributed by atoms with Gasteiger partial charge < -0.3 is 19.3 Å². The van der Waals surface area contributed by atoms with Crippen LogP contribution in [0.15, 0.2) is 73.1 Å². The van der Waals surface area contributed by atoms with Crippen LogP contribution in [0, 0.1) is 27.4 Å². The zero-order valence-electron chi connectivity index (χ0n) is 62.8. The number of carbonyl (C=O) groups is 2. The topological polar surface area (TPSA) is 97.8 Å². The normalized spacial score (nSPS) is 26.6. The number of aromatic nitrogens is 2. The van der Waals surface area contributed by atoms with Crippen molar-refractivity contribution in [1.29, 1.82) is 0 Å². The van der Waals surface area contributed by atoms with Crippen molar-refractivity contribution in [3.8, 4) is 0 Å². The van der Waals surface area contributed by atoms with E-state index in [1.807, 2.05) is 18.7 Å². The highest BCUT2D eigenvalue weighted by molar-refractivity contribution is 5.97. The molecule has 0 unspecified atom stereocenters. The second-order valence-corrected chi connectivity index (χ2v) is 20.5. The predicted octanol–water partition coefficient (Wildman–Crippen LogP) is 10.8. The van der Waals surface area contributed by atoms with E-state index in [4.69, 9.17) is 36.9 Å². The zero-order chi connectivity index (χ0) is 72.1. The van der Waals surface area contributed by atoms with Gasteiger partial charge >= 0.3 is 12.4 Å². The van der Waals surface area contributed by atoms with E-state index >= 15 is 0 Å². The van der Waals surface area contributed by atoms with Gasteiger partial charge in [0, 0.05) is 132 Å². The molecule has 2 aromatic heterocycles. The molecule has 0 bridgehead atoms. The van der Waals surface area contributed by atoms with Crippen molar-refractivity contribution in [3.63, 3.8) is 0 Å². The van der Waals surface area contributed by atoms with Gasteiger partial charge in [-0.05, 0) is 139 Å². The molecule has 4 atom stereocenters. The minimum atomic E-state index is -4.62. The van der Waals surface area contributed by atoms with E-state index < -0.39 is 130 Å². The molecule has 18 heteroatoms. The summed E-state index contributed by atoms with van der Waals surface area (Å²) in [6, 6.07) is 8.28. The molecule has 4 aliphatic heterocycles. The molecule has 4 saturated heterocycles. The highest BCUT2D eigenvalue weighted by Crippen LogP contribution is 2.38. The van der Waals surface area contributed by atoms with Gasteiger partial charge in [0.15, 0.2) is 0 Å². The minimum Gasteiger partial charge on any atom is -0.383 e. The number of hydrogen-bond donors (Lipinski definition) is 0. The van der Waals surface area contributed by atoms with E-state index in [0.29, 0.717) is 64.0 Å². The van der Waals surface area contributed by atoms with Gasteiger partial charge in [0.2, 0.25) is 0 Å². The van der Waals surface area contributed by atoms with Crippen molar-refractivity contribution in [2.24, 2.45) is 0 Å². The number of rotatable bonds is 12. The quantitative estimate of drug-likeness (QED) is 0.128. The Morgan fingerprint density at radius 1 is 0.610 bits per heavy atom. The van der Waals surface area contributed by atoms with Crippen LogP contribution in [0.4, 0.5) is 26.3 Å². The second kappa shape index (κ2) is 25.4. The summed E-state index contributed by atoms with van der Waals surface area (Å²) in [5.41, 5.74) is -4.69. The standard InChI is InChI=1S/2C29H39F3N4O2.CH4/c2*1-20-10-13-33-22(3)26(20)27(37)34-14-11-28(4,12-15-34)35-16-17-36(21(2)18-35)25(19-38-5)23-6-8-24(9-7-23)29(30,31)32;/h2*6-10,13,21,25H,11-12,14-19H2,1-5H3;1H4/t2*21-,25-;/m00./s1/i1D3,3D3,5D3,19D2;1D3,3D3,5D3;. The van der Waals surface area contributed by atoms with Crippen molar-refractivity contribution in [3.05, 3.63) is 129 Å². The van der Waals surface area contributed by atoms with E-state index in [1.165, 1.54) is 21.9 Å². The lowest BCUT2D eigenvalue weighted by Gasteiger charge is -2.52. The maximum atomic E-state index is 13.7. The third-order valence-corrected chi connectivity index (χ3v) is 15.8. The Morgan fingerprint density at radius 3 is 1.38 bits per heavy atom. The Morgan fingerprint density at radius 2 is 1.01 bits per heavy atom. The maximum Gasteiger partial charge on any atom is 0.416 e. The monoisotopic (exact) mass is 1100 g/mol. The molecule has 6 heterocycles. The molecule has 12 nitrogen and oxygen atoms in total. The zero-order valence-corrected chi connectivity index (χ0v) is 42.8. The number of carbonyl (C=O) groups excluding carboxylic acids is 2. The minimum absolute atomic E-state index is 0. The summed E-state index contributed by atoms with van der Waals surface area (Å²) in [7, 11) is -5.81. The number of pyridine rings is 2. The highest BCUT2D eigenvalue weighted by Gasteiger charge is 2.44. The van der Waals surface area contributed by atoms with Crippen LogP contribution in [0.1, 0.15) is 166 Å². The summed E-state index contributed by atoms with van der Waals surface area (Å²) < 4.78 is 246. The number of ether oxygens (including phenoxy) is 2. The first-order valence-corrected chi connectivity index (χ1v) is 25.0. The fourth-order valence-corrected chi connectivity index (χ4v) is 11.1. The first-order chi connectivity index (χ1) is 43.8. The third-order valence-electron chi connectivity index (χ3n) is 15.8. The van der Waals surface area contributed by atoms with Gasteiger partial charge in [-0.2, -0.15) is 26.3 Å². The number of nitrogens with zero attached hydrogens (tertiary/aromatic N) is 8. The van der Waals surface area contributed by atoms with Crippen LogP contribution >= 0.6 is 0 Å². The Labute approximate surface area is 481 Å². The summed E-state index contributed by atoms with van der Waals surface area (Å²) in [5.74, 6) is -1.43. The van der Waals surface area contributed by atoms with E-state index in [9.17, 15) is 35.9 Å². The van der Waals surface area contributed by atoms with E-state index in [1.54, 1.807) is 11.8 Å². The van der Waals surface area contributed by atoms with Crippen molar-refractivity contribution in [1.82, 2.24) is 39.4 Å². The smallest absolute Gasteiger partial charge is 0.383 e. The molecule has 2 amide bonds. The summed E-state index contributed by atoms with van der Waals surface area (Å²) >= 11 is 0. The number of methoxy groups -OCH3 is 2. The average Bonchev–Trinajstić information content (AvgIpc) is 0.774. The van der Waals surface area contributed by atoms with Crippen LogP contribution in [-0.4, -0.2) is 167 Å². The summed E-state index contributed by atoms with van der Waals surface area (Å²) in [6.45, 7) is -2.98. The van der Waals surface area contributed by atoms with Gasteiger partial charge in [-0.1, -0.05) is 31.7 Å². The van der Waals surface area contributed by atoms with E-state index in [-0.39, 0.29) is 75.0 Å². The van der Waals surface area contributed by atoms with E-state index in [0.717, 1.165) is 60.9 Å². The number of amides is 2. The highest BCUT2D eigenvalue weighted by atomic mass is 19.4. The summed E-state index contributed by atoms with van der Waals surface area (Å²) in [5, 5.41) is 0. The van der Waals surface area contributed by atoms with Crippen molar-refractivity contribution < 1.29 is 72.8 Å². The first-order valence-electron chi connectivity index (χ1n) is 35.0. The fraction of sp³-hybridized carbons (Fsp3) is 0.593. The SMILES string of the molecule is C.[2H]C([2H])([2H])OC([2H])([2H])[C@@H](c1ccc(C(F)(F)F)cc1)N1CCN(C2(C)CCN(C(=O)c3c(C([2H])([2H])[2H])ccnc3C([2H])([2H])[2H])CC2)C[C@@H]1C.[2H]C([2H])([2H])OC[C@@H](c1ccc(C(F)(F)F)cc1)N1CCN(C2(C)CCN(C(=O)c3c(C([2H])([2H])[2H])ccnc3C([2H])([2H])[2H])CC2)C[C@@H]1C. The predicted molar refractivity (Wildman–Crippen MR) is 289 cm³/mol. The van der Waals surface area contributed by atoms with Crippen molar-refractivity contribution >= 4 is 11.8 Å². The molecule has 4 fully saturated rings. The van der Waals surface area contributed by atoms with Gasteiger partial charge in [-0.3, -0.25) is 39.2 Å². The van der Waals surface area contributed by atoms with Crippen LogP contribution in [0.25, 0.3) is 0 Å². The Kier molecular flexibility index (Phi) is 12.7. The van der Waals surface area contributed by atoms with Crippen molar-refractivity contribution in [2.45, 2.75) is 136 Å². The lowest BCUT2D eigenvalue weighted by molar-refractivity contribution is -0.138. The molecule has 2 aromatic carbocycles. The van der Waals surface area contributed by atoms with Gasteiger partial charge in [0.1, 0.15) is 0 Å². The summed E-state index contributed by atoms with van der Waals surface area (Å²) in [6.07, 6.45) is -5.07. The molecule has 8 rings (SSSR count). The van der Waals surface area contributed by atoms with Gasteiger partial charge in [0.25, 0.3) is 11.8 Å². The van der Waals surface area contributed by atoms with Crippen molar-refractivity contribution in [2.75, 3.05) is 92.7 Å². The molecular weight excluding hydrogens is 999 g/mol. The molecule has 0 radical (unpaired) electrons. The molecule has 424 valence electrons. The molecule has 77 heavy (non-hydrogen) atoms. The average molecular weight is 1100 g/mol. The van der Waals surface area contributed by atoms with Gasteiger partial charge in [-0.15, -0.1) is 0 Å². The Bertz CT molecular complexity index is 3270. The van der Waals surface area contributed by atoms with Crippen LogP contribution < -0.4 is 0 Å². The van der Waals surface area contributed by atoms with Crippen LogP contribution in [0.3, 0.4) is 0 Å². The number of hydrogen-bond acceptors (Lipinski definition) is 10. The number of piperazine rings is 2. The fourth-order valence-electron chi connectivity index (χ4n) is 11.1. The lowest BCUT2D eigenvalue weighted by atomic mass is 9.86. The largest absolute Gasteiger partial charge is 0.416 e.